The van der Waals surface area contributed by atoms with Gasteiger partial charge in [-0.15, -0.1) is 0 Å². The molecule has 2 aliphatic rings. The highest BCUT2D eigenvalue weighted by molar-refractivity contribution is 6.23. The quantitative estimate of drug-likeness (QED) is 0.636. The molecule has 0 radical (unpaired) electrons. The molecular formula is C14H17N3O5. The van der Waals surface area contributed by atoms with Crippen molar-refractivity contribution in [3.63, 3.8) is 0 Å². The summed E-state index contributed by atoms with van der Waals surface area (Å²) in [5, 5.41) is 1.24. The van der Waals surface area contributed by atoms with Gasteiger partial charge in [0.2, 0.25) is 0 Å². The molecule has 3 rings (SSSR count). The van der Waals surface area contributed by atoms with E-state index in [1.807, 2.05) is 0 Å². The highest BCUT2D eigenvalue weighted by Crippen LogP contribution is 2.31. The maximum Gasteiger partial charge on any atom is 0.265 e. The van der Waals surface area contributed by atoms with Crippen molar-refractivity contribution < 1.29 is 24.0 Å². The Balaban J connectivity index is 1.80. The number of fused-ring (bicyclic) bond motifs is 1. The highest BCUT2D eigenvalue weighted by Gasteiger charge is 2.43. The molecule has 118 valence electrons. The largest absolute Gasteiger partial charge is 0.398 e. The van der Waals surface area contributed by atoms with Crippen LogP contribution in [0, 0.1) is 0 Å². The van der Waals surface area contributed by atoms with Crippen molar-refractivity contribution in [1.82, 2.24) is 10.1 Å². The molecular weight excluding hydrogens is 290 g/mol. The Bertz CT molecular complexity index is 606. The summed E-state index contributed by atoms with van der Waals surface area (Å²) < 4.78 is 4.95. The summed E-state index contributed by atoms with van der Waals surface area (Å²) in [5.74, 6) is -0.831. The fourth-order valence-corrected chi connectivity index (χ4v) is 2.52. The summed E-state index contributed by atoms with van der Waals surface area (Å²) in [5.41, 5.74) is 6.66. The van der Waals surface area contributed by atoms with Crippen LogP contribution in [0.25, 0.3) is 0 Å². The van der Waals surface area contributed by atoms with E-state index in [4.69, 9.17) is 20.1 Å². The van der Waals surface area contributed by atoms with Crippen molar-refractivity contribution in [1.29, 1.82) is 0 Å². The Kier molecular flexibility index (Phi) is 4.08. The minimum atomic E-state index is -0.711. The topological polar surface area (TPSA) is 94.3 Å². The molecule has 2 aliphatic heterocycles. The van der Waals surface area contributed by atoms with E-state index in [1.54, 1.807) is 25.3 Å². The minimum absolute atomic E-state index is 0.242. The number of carbonyl (C=O) groups excluding carboxylic acids is 2. The number of rotatable bonds is 4. The van der Waals surface area contributed by atoms with Crippen LogP contribution in [0.2, 0.25) is 0 Å². The molecule has 1 aromatic carbocycles. The van der Waals surface area contributed by atoms with Gasteiger partial charge < -0.3 is 10.5 Å². The van der Waals surface area contributed by atoms with Gasteiger partial charge in [-0.05, 0) is 12.1 Å². The first-order valence-electron chi connectivity index (χ1n) is 6.96. The van der Waals surface area contributed by atoms with Gasteiger partial charge in [0.1, 0.15) is 0 Å². The number of benzene rings is 1. The molecule has 2 heterocycles. The third kappa shape index (κ3) is 2.46. The molecule has 1 unspecified atom stereocenters. The lowest BCUT2D eigenvalue weighted by Gasteiger charge is -2.34. The van der Waals surface area contributed by atoms with Gasteiger partial charge >= 0.3 is 0 Å². The van der Waals surface area contributed by atoms with Crippen LogP contribution in [0.5, 0.6) is 0 Å². The van der Waals surface area contributed by atoms with Crippen LogP contribution < -0.4 is 5.73 Å². The Hall–Kier alpha value is -2.00. The lowest BCUT2D eigenvalue weighted by Crippen LogP contribution is -2.49. The number of nitrogens with zero attached hydrogens (tertiary/aromatic N) is 2. The van der Waals surface area contributed by atoms with Gasteiger partial charge in [-0.1, -0.05) is 11.3 Å². The molecule has 2 N–H and O–H groups in total. The number of methoxy groups -OCH3 is 1. The number of hydrogen-bond donors (Lipinski definition) is 1. The van der Waals surface area contributed by atoms with E-state index in [0.29, 0.717) is 37.4 Å². The van der Waals surface area contributed by atoms with Crippen LogP contribution in [0.4, 0.5) is 5.69 Å². The van der Waals surface area contributed by atoms with Crippen LogP contribution in [-0.2, 0) is 14.4 Å². The van der Waals surface area contributed by atoms with Gasteiger partial charge in [-0.2, -0.15) is 0 Å². The molecule has 1 saturated heterocycles. The maximum atomic E-state index is 12.5. The van der Waals surface area contributed by atoms with Crippen molar-refractivity contribution in [2.45, 2.75) is 12.6 Å². The monoisotopic (exact) mass is 307 g/mol. The van der Waals surface area contributed by atoms with Gasteiger partial charge in [-0.25, -0.2) is 9.74 Å². The number of hydroxylamine groups is 2. The lowest BCUT2D eigenvalue weighted by molar-refractivity contribution is -0.425. The zero-order valence-electron chi connectivity index (χ0n) is 12.2. The predicted octanol–water partition coefficient (Wildman–Crippen LogP) is 0.406. The molecule has 0 saturated carbocycles. The fourth-order valence-electron chi connectivity index (χ4n) is 2.52. The first kappa shape index (κ1) is 14.9. The fraction of sp³-hybridized carbons (Fsp3) is 0.429. The summed E-state index contributed by atoms with van der Waals surface area (Å²) in [6, 6.07) is 4.84. The minimum Gasteiger partial charge on any atom is -0.398 e. The second-order valence-corrected chi connectivity index (χ2v) is 4.98. The molecule has 1 aromatic rings. The van der Waals surface area contributed by atoms with E-state index in [9.17, 15) is 9.59 Å². The van der Waals surface area contributed by atoms with Crippen molar-refractivity contribution in [3.05, 3.63) is 29.3 Å². The first-order valence-corrected chi connectivity index (χ1v) is 6.96. The zero-order chi connectivity index (χ0) is 15.7. The summed E-state index contributed by atoms with van der Waals surface area (Å²) in [4.78, 5) is 36.9. The number of ether oxygens (including phenoxy) is 1. The standard InChI is InChI=1S/C14H17N3O5/c1-20-8-6-16-21-7-5-11(22-16)17-13(18)9-3-2-4-10(15)12(9)14(17)19/h2-4,11H,5-8,15H2,1H3. The number of carbonyl (C=O) groups is 2. The molecule has 0 aromatic heterocycles. The van der Waals surface area contributed by atoms with E-state index < -0.39 is 18.0 Å². The lowest BCUT2D eigenvalue weighted by atomic mass is 10.1. The molecule has 8 nitrogen and oxygen atoms in total. The Labute approximate surface area is 127 Å². The van der Waals surface area contributed by atoms with Crippen molar-refractivity contribution in [2.24, 2.45) is 0 Å². The molecule has 0 bridgehead atoms. The van der Waals surface area contributed by atoms with Crippen LogP contribution >= 0.6 is 0 Å². The van der Waals surface area contributed by atoms with Crippen LogP contribution in [0.1, 0.15) is 27.1 Å². The maximum absolute atomic E-state index is 12.5. The number of anilines is 1. The predicted molar refractivity (Wildman–Crippen MR) is 75.4 cm³/mol. The second kappa shape index (κ2) is 6.01. The summed E-state index contributed by atoms with van der Waals surface area (Å²) in [6.45, 7) is 1.12. The number of nitrogen functional groups attached to an aromatic ring is 1. The summed E-state index contributed by atoms with van der Waals surface area (Å²) in [6.07, 6.45) is -0.313. The smallest absolute Gasteiger partial charge is 0.265 e. The number of nitrogens with two attached hydrogens (primary N) is 1. The average molecular weight is 307 g/mol. The van der Waals surface area contributed by atoms with Gasteiger partial charge in [0.25, 0.3) is 11.8 Å². The molecule has 22 heavy (non-hydrogen) atoms. The first-order chi connectivity index (χ1) is 10.6. The normalized spacial score (nSPS) is 22.2. The average Bonchev–Trinajstić information content (AvgIpc) is 2.78. The van der Waals surface area contributed by atoms with E-state index in [-0.39, 0.29) is 5.56 Å². The van der Waals surface area contributed by atoms with Gasteiger partial charge in [0.05, 0.1) is 30.9 Å². The molecule has 0 aliphatic carbocycles. The molecule has 2 amide bonds. The van der Waals surface area contributed by atoms with E-state index in [1.165, 1.54) is 5.23 Å². The highest BCUT2D eigenvalue weighted by atomic mass is 17.0. The van der Waals surface area contributed by atoms with Gasteiger partial charge in [0, 0.05) is 19.2 Å². The van der Waals surface area contributed by atoms with Crippen molar-refractivity contribution >= 4 is 17.5 Å². The third-order valence-corrected chi connectivity index (χ3v) is 3.58. The molecule has 8 heteroatoms. The number of hydrogen-bond acceptors (Lipinski definition) is 7. The second-order valence-electron chi connectivity index (χ2n) is 4.98. The van der Waals surface area contributed by atoms with Crippen LogP contribution in [0.15, 0.2) is 18.2 Å². The SMILES string of the molecule is COCCN1OCCC(N2C(=O)c3cccc(N)c3C2=O)O1. The van der Waals surface area contributed by atoms with E-state index in [2.05, 4.69) is 0 Å². The van der Waals surface area contributed by atoms with E-state index >= 15 is 0 Å². The third-order valence-electron chi connectivity index (χ3n) is 3.58. The molecule has 0 spiro atoms. The van der Waals surface area contributed by atoms with Crippen molar-refractivity contribution in [3.8, 4) is 0 Å². The summed E-state index contributed by atoms with van der Waals surface area (Å²) >= 11 is 0. The van der Waals surface area contributed by atoms with Crippen molar-refractivity contribution in [2.75, 3.05) is 32.6 Å². The zero-order valence-corrected chi connectivity index (χ0v) is 12.2. The molecule has 1 fully saturated rings. The van der Waals surface area contributed by atoms with Gasteiger partial charge in [-0.3, -0.25) is 14.4 Å². The summed E-state index contributed by atoms with van der Waals surface area (Å²) in [7, 11) is 1.56. The van der Waals surface area contributed by atoms with E-state index in [0.717, 1.165) is 4.90 Å². The van der Waals surface area contributed by atoms with Crippen LogP contribution in [-0.4, -0.2) is 55.0 Å². The van der Waals surface area contributed by atoms with Crippen LogP contribution in [0.3, 0.4) is 0 Å². The molecule has 1 atom stereocenters. The Morgan fingerprint density at radius 2 is 2.18 bits per heavy atom. The number of imide groups is 1. The Morgan fingerprint density at radius 1 is 1.36 bits per heavy atom. The number of amides is 2. The Morgan fingerprint density at radius 3 is 2.91 bits per heavy atom. The van der Waals surface area contributed by atoms with Gasteiger partial charge in [0.15, 0.2) is 6.23 Å².